The van der Waals surface area contributed by atoms with E-state index < -0.39 is 13.9 Å². The van der Waals surface area contributed by atoms with Gasteiger partial charge in [0, 0.05) is 13.2 Å². The van der Waals surface area contributed by atoms with Gasteiger partial charge < -0.3 is 33.4 Å². The number of unbranched alkanes of at least 4 members (excludes halogenated alkanes) is 26. The van der Waals surface area contributed by atoms with Crippen LogP contribution in [0.2, 0.25) is 0 Å². The van der Waals surface area contributed by atoms with Crippen LogP contribution in [0.25, 0.3) is 0 Å². The Hall–Kier alpha value is -0.130. The van der Waals surface area contributed by atoms with Crippen LogP contribution in [-0.4, -0.2) is 114 Å². The van der Waals surface area contributed by atoms with Crippen molar-refractivity contribution >= 4 is 7.82 Å². The van der Waals surface area contributed by atoms with Gasteiger partial charge in [-0.2, -0.15) is 0 Å². The molecule has 0 aromatic rings. The Bertz CT molecular complexity index is 822. The van der Waals surface area contributed by atoms with Crippen molar-refractivity contribution < 1.29 is 47.0 Å². The Morgan fingerprint density at radius 3 is 1.29 bits per heavy atom. The first-order chi connectivity index (χ1) is 27.3. The van der Waals surface area contributed by atoms with E-state index in [-0.39, 0.29) is 19.8 Å². The molecule has 0 saturated heterocycles. The third kappa shape index (κ3) is 43.4. The van der Waals surface area contributed by atoms with Crippen molar-refractivity contribution in [2.45, 2.75) is 200 Å². The molecule has 2 N–H and O–H groups in total. The fraction of sp³-hybridized carbons (Fsp3) is 1.00. The highest BCUT2D eigenvalue weighted by Crippen LogP contribution is 2.43. The number of phosphoric acid groups is 1. The molecule has 338 valence electrons. The van der Waals surface area contributed by atoms with Gasteiger partial charge in [0.2, 0.25) is 0 Å². The standard InChI is InChI=1S/C45H94NO9P/c1-5-7-9-11-13-15-17-19-21-23-25-27-29-31-36-52-43-45(53-37-32-30-28-26-24-22-20-18-16-14-12-10-8-6-2)44-55-56(48,49)54-39-34-46(3,4)33-38-50-41-42-51-40-35-47/h45,47H,5-44H2,1-4H3/p+1/t45-/m1/s1. The maximum atomic E-state index is 12.8. The zero-order valence-corrected chi connectivity index (χ0v) is 38.4. The van der Waals surface area contributed by atoms with E-state index in [1.54, 1.807) is 0 Å². The molecule has 0 aliphatic heterocycles. The Morgan fingerprint density at radius 2 is 0.839 bits per heavy atom. The lowest BCUT2D eigenvalue weighted by molar-refractivity contribution is -0.890. The lowest BCUT2D eigenvalue weighted by Gasteiger charge is -2.29. The lowest BCUT2D eigenvalue weighted by atomic mass is 10.0. The molecule has 10 nitrogen and oxygen atoms in total. The number of ether oxygens (including phenoxy) is 4. The molecular formula is C45H95NO9P+. The summed E-state index contributed by atoms with van der Waals surface area (Å²) in [5.74, 6) is 0. The molecule has 0 bridgehead atoms. The van der Waals surface area contributed by atoms with Gasteiger partial charge in [-0.3, -0.25) is 9.05 Å². The number of hydrogen-bond acceptors (Lipinski definition) is 8. The van der Waals surface area contributed by atoms with Gasteiger partial charge in [0.25, 0.3) is 0 Å². The van der Waals surface area contributed by atoms with Crippen molar-refractivity contribution in [1.29, 1.82) is 0 Å². The fourth-order valence-electron chi connectivity index (χ4n) is 6.73. The van der Waals surface area contributed by atoms with Crippen LogP contribution in [0.5, 0.6) is 0 Å². The van der Waals surface area contributed by atoms with Crippen LogP contribution in [0.4, 0.5) is 0 Å². The number of hydrogen-bond donors (Lipinski definition) is 2. The number of aliphatic hydroxyl groups excluding tert-OH is 1. The predicted octanol–water partition coefficient (Wildman–Crippen LogP) is 11.6. The summed E-state index contributed by atoms with van der Waals surface area (Å²) in [6.45, 7) is 9.17. The highest BCUT2D eigenvalue weighted by molar-refractivity contribution is 7.47. The summed E-state index contributed by atoms with van der Waals surface area (Å²) in [6.07, 6.45) is 36.4. The molecule has 1 unspecified atom stereocenters. The van der Waals surface area contributed by atoms with Gasteiger partial charge in [-0.25, -0.2) is 4.57 Å². The largest absolute Gasteiger partial charge is 0.472 e. The maximum absolute atomic E-state index is 12.8. The minimum Gasteiger partial charge on any atom is -0.394 e. The first kappa shape index (κ1) is 55.9. The monoisotopic (exact) mass is 825 g/mol. The summed E-state index contributed by atoms with van der Waals surface area (Å²) in [5, 5.41) is 8.77. The molecule has 0 aliphatic rings. The number of aliphatic hydroxyl groups is 1. The molecule has 0 aromatic heterocycles. The minimum atomic E-state index is -4.24. The van der Waals surface area contributed by atoms with Crippen molar-refractivity contribution in [3.8, 4) is 0 Å². The van der Waals surface area contributed by atoms with E-state index in [0.717, 1.165) is 25.7 Å². The van der Waals surface area contributed by atoms with Crippen molar-refractivity contribution in [2.75, 3.05) is 93.3 Å². The number of nitrogens with zero attached hydrogens (tertiary/aromatic N) is 1. The fourth-order valence-corrected chi connectivity index (χ4v) is 7.47. The van der Waals surface area contributed by atoms with Crippen LogP contribution >= 0.6 is 7.82 Å². The van der Waals surface area contributed by atoms with E-state index in [9.17, 15) is 9.46 Å². The topological polar surface area (TPSA) is 113 Å². The summed E-state index contributed by atoms with van der Waals surface area (Å²) in [4.78, 5) is 10.4. The van der Waals surface area contributed by atoms with Crippen molar-refractivity contribution in [3.63, 3.8) is 0 Å². The molecule has 0 rings (SSSR count). The van der Waals surface area contributed by atoms with Gasteiger partial charge in [0.1, 0.15) is 25.8 Å². The Labute approximate surface area is 347 Å². The van der Waals surface area contributed by atoms with Gasteiger partial charge in [-0.15, -0.1) is 0 Å². The molecule has 11 heteroatoms. The summed E-state index contributed by atoms with van der Waals surface area (Å²) in [7, 11) is -0.200. The molecule has 0 aromatic carbocycles. The molecule has 0 amide bonds. The molecule has 0 aliphatic carbocycles. The van der Waals surface area contributed by atoms with Crippen LogP contribution < -0.4 is 0 Å². The van der Waals surface area contributed by atoms with Crippen LogP contribution in [0.1, 0.15) is 194 Å². The van der Waals surface area contributed by atoms with Crippen LogP contribution in [-0.2, 0) is 32.6 Å². The molecule has 0 saturated carbocycles. The minimum absolute atomic E-state index is 0.00288. The predicted molar refractivity (Wildman–Crippen MR) is 233 cm³/mol. The van der Waals surface area contributed by atoms with Crippen molar-refractivity contribution in [1.82, 2.24) is 0 Å². The van der Waals surface area contributed by atoms with Gasteiger partial charge in [-0.1, -0.05) is 181 Å². The van der Waals surface area contributed by atoms with Gasteiger partial charge in [0.15, 0.2) is 0 Å². The SMILES string of the molecule is CCCCCCCCCCCCCCCCOC[C@H](COP(=O)(O)OCC[N+](C)(C)CCOCCOCCO)OCCCCCCCCCCCCCCCC. The zero-order chi connectivity index (χ0) is 41.1. The van der Waals surface area contributed by atoms with E-state index in [1.165, 1.54) is 154 Å². The Morgan fingerprint density at radius 1 is 0.446 bits per heavy atom. The number of phosphoric ester groups is 1. The molecule has 2 atom stereocenters. The number of quaternary nitrogens is 1. The first-order valence-electron chi connectivity index (χ1n) is 23.7. The smallest absolute Gasteiger partial charge is 0.394 e. The quantitative estimate of drug-likeness (QED) is 0.0352. The lowest BCUT2D eigenvalue weighted by Crippen LogP contribution is -2.44. The normalized spacial score (nSPS) is 13.8. The number of likely N-dealkylation sites (N-methyl/N-ethyl adjacent to an activating group) is 1. The molecule has 0 spiro atoms. The molecular weight excluding hydrogens is 729 g/mol. The van der Waals surface area contributed by atoms with Crippen molar-refractivity contribution in [2.24, 2.45) is 0 Å². The zero-order valence-electron chi connectivity index (χ0n) is 37.5. The van der Waals surface area contributed by atoms with Crippen LogP contribution in [0.15, 0.2) is 0 Å². The maximum Gasteiger partial charge on any atom is 0.472 e. The average molecular weight is 825 g/mol. The van der Waals surface area contributed by atoms with E-state index in [1.807, 2.05) is 14.1 Å². The summed E-state index contributed by atoms with van der Waals surface area (Å²) >= 11 is 0. The summed E-state index contributed by atoms with van der Waals surface area (Å²) in [5.41, 5.74) is 0. The van der Waals surface area contributed by atoms with Gasteiger partial charge in [-0.05, 0) is 12.8 Å². The summed E-state index contributed by atoms with van der Waals surface area (Å²) in [6, 6.07) is 0. The molecule has 0 fully saturated rings. The third-order valence-electron chi connectivity index (χ3n) is 10.6. The van der Waals surface area contributed by atoms with E-state index in [0.29, 0.717) is 63.8 Å². The third-order valence-corrected chi connectivity index (χ3v) is 11.6. The Kier molecular flexibility index (Phi) is 42.9. The van der Waals surface area contributed by atoms with Gasteiger partial charge >= 0.3 is 7.82 Å². The van der Waals surface area contributed by atoms with Crippen LogP contribution in [0, 0.1) is 0 Å². The first-order valence-corrected chi connectivity index (χ1v) is 25.2. The van der Waals surface area contributed by atoms with E-state index in [4.69, 9.17) is 33.1 Å². The summed E-state index contributed by atoms with van der Waals surface area (Å²) < 4.78 is 47.0. The molecule has 56 heavy (non-hydrogen) atoms. The van der Waals surface area contributed by atoms with Crippen molar-refractivity contribution in [3.05, 3.63) is 0 Å². The molecule has 0 heterocycles. The second-order valence-electron chi connectivity index (χ2n) is 16.7. The van der Waals surface area contributed by atoms with E-state index in [2.05, 4.69) is 13.8 Å². The number of rotatable bonds is 48. The average Bonchev–Trinajstić information content (AvgIpc) is 3.17. The molecule has 0 radical (unpaired) electrons. The van der Waals surface area contributed by atoms with E-state index >= 15 is 0 Å². The highest BCUT2D eigenvalue weighted by Gasteiger charge is 2.26. The second-order valence-corrected chi connectivity index (χ2v) is 18.1. The van der Waals surface area contributed by atoms with Crippen LogP contribution in [0.3, 0.4) is 0 Å². The van der Waals surface area contributed by atoms with Gasteiger partial charge in [0.05, 0.1) is 60.3 Å². The highest BCUT2D eigenvalue weighted by atomic mass is 31.2. The second kappa shape index (κ2) is 43.0. The Balaban J connectivity index is 4.35.